The Balaban J connectivity index is 0.00000225. The van der Waals surface area contributed by atoms with Gasteiger partial charge in [-0.25, -0.2) is 0 Å². The largest absolute Gasteiger partial charge is 0.326 e. The summed E-state index contributed by atoms with van der Waals surface area (Å²) in [5.74, 6) is 0.339. The molecule has 2 aromatic carbocycles. The minimum Gasteiger partial charge on any atom is -0.326 e. The van der Waals surface area contributed by atoms with Crippen LogP contribution < -0.4 is 5.73 Å². The lowest BCUT2D eigenvalue weighted by Gasteiger charge is -2.14. The number of hydrogen-bond acceptors (Lipinski definition) is 4. The van der Waals surface area contributed by atoms with Gasteiger partial charge in [-0.3, -0.25) is 15.0 Å². The zero-order valence-electron chi connectivity index (χ0n) is 13.8. The van der Waals surface area contributed by atoms with Gasteiger partial charge in [0.15, 0.2) is 0 Å². The molecular formula is C19H22ClN3O2. The first-order valence-electron chi connectivity index (χ1n) is 8.08. The van der Waals surface area contributed by atoms with Crippen molar-refractivity contribution in [3.8, 4) is 0 Å². The zero-order valence-corrected chi connectivity index (χ0v) is 14.6. The lowest BCUT2D eigenvalue weighted by Crippen LogP contribution is -2.28. The van der Waals surface area contributed by atoms with Gasteiger partial charge in [0.1, 0.15) is 0 Å². The van der Waals surface area contributed by atoms with Crippen molar-refractivity contribution in [3.05, 3.63) is 81.9 Å². The molecule has 0 saturated carbocycles. The molecule has 0 radical (unpaired) electrons. The van der Waals surface area contributed by atoms with Gasteiger partial charge in [0.2, 0.25) is 0 Å². The van der Waals surface area contributed by atoms with Crippen molar-refractivity contribution in [1.82, 2.24) is 4.90 Å². The maximum absolute atomic E-state index is 11.0. The van der Waals surface area contributed by atoms with Gasteiger partial charge in [-0.1, -0.05) is 54.6 Å². The van der Waals surface area contributed by atoms with E-state index in [0.717, 1.165) is 19.6 Å². The smallest absolute Gasteiger partial charge is 0.276 e. The van der Waals surface area contributed by atoms with E-state index in [-0.39, 0.29) is 29.1 Å². The first-order chi connectivity index (χ1) is 11.6. The van der Waals surface area contributed by atoms with Gasteiger partial charge in [-0.2, -0.15) is 0 Å². The molecule has 5 nitrogen and oxygen atoms in total. The van der Waals surface area contributed by atoms with E-state index in [1.54, 1.807) is 12.1 Å². The van der Waals surface area contributed by atoms with Crippen LogP contribution in [0.3, 0.4) is 0 Å². The van der Waals surface area contributed by atoms with Crippen LogP contribution in [-0.2, 0) is 0 Å². The second-order valence-electron chi connectivity index (χ2n) is 6.12. The second kappa shape index (κ2) is 8.76. The van der Waals surface area contributed by atoms with Crippen LogP contribution in [0, 0.1) is 10.1 Å². The van der Waals surface area contributed by atoms with Crippen LogP contribution in [0.25, 0.3) is 6.08 Å². The number of likely N-dealkylation sites (tertiary alicyclic amines) is 1. The summed E-state index contributed by atoms with van der Waals surface area (Å²) in [5, 5.41) is 11.0. The molecule has 1 fully saturated rings. The van der Waals surface area contributed by atoms with Crippen molar-refractivity contribution < 1.29 is 4.92 Å². The molecule has 0 amide bonds. The number of halogens is 1. The maximum Gasteiger partial charge on any atom is 0.276 e. The number of nitro benzene ring substituents is 1. The highest BCUT2D eigenvalue weighted by Crippen LogP contribution is 2.26. The Kier molecular flexibility index (Phi) is 6.70. The molecule has 1 saturated heterocycles. The van der Waals surface area contributed by atoms with Gasteiger partial charge >= 0.3 is 0 Å². The third-order valence-corrected chi connectivity index (χ3v) is 4.46. The lowest BCUT2D eigenvalue weighted by atomic mass is 9.95. The van der Waals surface area contributed by atoms with Gasteiger partial charge in [0, 0.05) is 37.7 Å². The molecule has 0 spiro atoms. The van der Waals surface area contributed by atoms with E-state index in [1.807, 2.05) is 36.4 Å². The minimum atomic E-state index is -0.350. The van der Waals surface area contributed by atoms with Crippen molar-refractivity contribution in [2.24, 2.45) is 5.73 Å². The van der Waals surface area contributed by atoms with Gasteiger partial charge in [-0.05, 0) is 11.6 Å². The fourth-order valence-corrected chi connectivity index (χ4v) is 3.24. The van der Waals surface area contributed by atoms with Crippen molar-refractivity contribution in [3.63, 3.8) is 0 Å². The zero-order chi connectivity index (χ0) is 16.9. The van der Waals surface area contributed by atoms with Crippen LogP contribution in [0.5, 0.6) is 0 Å². The van der Waals surface area contributed by atoms with Crippen LogP contribution in [0.15, 0.2) is 60.7 Å². The molecule has 3 rings (SSSR count). The van der Waals surface area contributed by atoms with E-state index >= 15 is 0 Å². The Labute approximate surface area is 153 Å². The highest BCUT2D eigenvalue weighted by atomic mass is 35.5. The number of benzene rings is 2. The highest BCUT2D eigenvalue weighted by Gasteiger charge is 2.30. The first kappa shape index (κ1) is 19.1. The topological polar surface area (TPSA) is 72.4 Å². The molecule has 2 atom stereocenters. The maximum atomic E-state index is 11.0. The third-order valence-electron chi connectivity index (χ3n) is 4.46. The second-order valence-corrected chi connectivity index (χ2v) is 6.12. The average Bonchev–Trinajstić information content (AvgIpc) is 2.97. The van der Waals surface area contributed by atoms with Crippen LogP contribution >= 0.6 is 12.4 Å². The predicted molar refractivity (Wildman–Crippen MR) is 103 cm³/mol. The number of nitro groups is 1. The summed E-state index contributed by atoms with van der Waals surface area (Å²) in [6.45, 7) is 2.48. The number of nitrogens with two attached hydrogens (primary N) is 1. The normalized spacial score (nSPS) is 20.5. The first-order valence-corrected chi connectivity index (χ1v) is 8.08. The Bertz CT molecular complexity index is 736. The summed E-state index contributed by atoms with van der Waals surface area (Å²) in [6.07, 6.45) is 3.79. The fraction of sp³-hybridized carbons (Fsp3) is 0.263. The van der Waals surface area contributed by atoms with Crippen LogP contribution in [0.2, 0.25) is 0 Å². The minimum absolute atomic E-state index is 0. The van der Waals surface area contributed by atoms with Gasteiger partial charge in [0.25, 0.3) is 5.69 Å². The molecule has 25 heavy (non-hydrogen) atoms. The number of rotatable bonds is 5. The standard InChI is InChI=1S/C19H21N3O2.ClH/c20-18-14-21(13-17(18)15-7-2-1-3-8-15)12-6-10-16-9-4-5-11-19(16)22(23)24;/h1-11,17-18H,12-14,20H2;1H/b10-6+;/t17-,18+;/m0./s1. The molecule has 6 heteroatoms. The van der Waals surface area contributed by atoms with Crippen molar-refractivity contribution in [2.75, 3.05) is 19.6 Å². The van der Waals surface area contributed by atoms with Gasteiger partial charge in [0.05, 0.1) is 10.5 Å². The molecule has 0 bridgehead atoms. The fourth-order valence-electron chi connectivity index (χ4n) is 3.24. The molecule has 2 aromatic rings. The quantitative estimate of drug-likeness (QED) is 0.655. The monoisotopic (exact) mass is 359 g/mol. The van der Waals surface area contributed by atoms with E-state index in [0.29, 0.717) is 11.5 Å². The van der Waals surface area contributed by atoms with Crippen molar-refractivity contribution in [2.45, 2.75) is 12.0 Å². The summed E-state index contributed by atoms with van der Waals surface area (Å²) in [5.41, 5.74) is 8.33. The Morgan fingerprint density at radius 3 is 2.52 bits per heavy atom. The van der Waals surface area contributed by atoms with Gasteiger partial charge < -0.3 is 5.73 Å². The van der Waals surface area contributed by atoms with Crippen LogP contribution in [0.4, 0.5) is 5.69 Å². The average molecular weight is 360 g/mol. The summed E-state index contributed by atoms with van der Waals surface area (Å²) in [6, 6.07) is 17.2. The summed E-state index contributed by atoms with van der Waals surface area (Å²) >= 11 is 0. The van der Waals surface area contributed by atoms with Crippen LogP contribution in [-0.4, -0.2) is 35.5 Å². The Morgan fingerprint density at radius 2 is 1.80 bits per heavy atom. The molecule has 2 N–H and O–H groups in total. The van der Waals surface area contributed by atoms with Crippen molar-refractivity contribution >= 4 is 24.2 Å². The summed E-state index contributed by atoms with van der Waals surface area (Å²) in [4.78, 5) is 13.0. The van der Waals surface area contributed by atoms with E-state index in [1.165, 1.54) is 11.6 Å². The molecule has 0 aromatic heterocycles. The summed E-state index contributed by atoms with van der Waals surface area (Å²) in [7, 11) is 0. The molecule has 0 unspecified atom stereocenters. The summed E-state index contributed by atoms with van der Waals surface area (Å²) < 4.78 is 0. The highest BCUT2D eigenvalue weighted by molar-refractivity contribution is 5.85. The van der Waals surface area contributed by atoms with Crippen LogP contribution in [0.1, 0.15) is 17.0 Å². The van der Waals surface area contributed by atoms with E-state index in [4.69, 9.17) is 5.73 Å². The Morgan fingerprint density at radius 1 is 1.12 bits per heavy atom. The third kappa shape index (κ3) is 4.66. The molecule has 0 aliphatic carbocycles. The van der Waals surface area contributed by atoms with E-state index in [9.17, 15) is 10.1 Å². The van der Waals surface area contributed by atoms with E-state index in [2.05, 4.69) is 17.0 Å². The predicted octanol–water partition coefficient (Wildman–Crippen LogP) is 3.46. The van der Waals surface area contributed by atoms with Gasteiger partial charge in [-0.15, -0.1) is 12.4 Å². The molecule has 1 aliphatic rings. The SMILES string of the molecule is Cl.N[C@@H]1CN(C/C=C/c2ccccc2[N+](=O)[O-])C[C@H]1c1ccccc1. The number of nitrogens with zero attached hydrogens (tertiary/aromatic N) is 2. The number of hydrogen-bond donors (Lipinski definition) is 1. The molecule has 132 valence electrons. The Hall–Kier alpha value is -2.21. The molecule has 1 aliphatic heterocycles. The molecular weight excluding hydrogens is 338 g/mol. The lowest BCUT2D eigenvalue weighted by molar-refractivity contribution is -0.385. The number of para-hydroxylation sites is 1. The van der Waals surface area contributed by atoms with E-state index < -0.39 is 0 Å². The molecule has 1 heterocycles. The van der Waals surface area contributed by atoms with Crippen molar-refractivity contribution in [1.29, 1.82) is 0 Å².